The van der Waals surface area contributed by atoms with Crippen LogP contribution in [0.3, 0.4) is 0 Å². The van der Waals surface area contributed by atoms with Crippen LogP contribution in [-0.2, 0) is 6.42 Å². The largest absolute Gasteiger partial charge is 0.492 e. The molecule has 0 amide bonds. The minimum absolute atomic E-state index is 0.585. The summed E-state index contributed by atoms with van der Waals surface area (Å²) in [5.74, 6) is 1.34. The molecule has 0 heterocycles. The number of nitrogens with two attached hydrogens (primary N) is 1. The molecule has 2 aromatic carbocycles. The van der Waals surface area contributed by atoms with E-state index in [-0.39, 0.29) is 0 Å². The second kappa shape index (κ2) is 5.45. The first kappa shape index (κ1) is 12.9. The second-order valence-corrected chi connectivity index (χ2v) is 5.13. The molecular formula is C17H20N2O. The van der Waals surface area contributed by atoms with Crippen molar-refractivity contribution >= 4 is 11.4 Å². The van der Waals surface area contributed by atoms with Crippen LogP contribution in [0.2, 0.25) is 0 Å². The van der Waals surface area contributed by atoms with Crippen LogP contribution >= 0.6 is 0 Å². The third kappa shape index (κ3) is 2.31. The van der Waals surface area contributed by atoms with Crippen molar-refractivity contribution in [3.8, 4) is 5.75 Å². The molecule has 0 saturated carbocycles. The van der Waals surface area contributed by atoms with E-state index in [1.54, 1.807) is 0 Å². The Kier molecular flexibility index (Phi) is 3.50. The summed E-state index contributed by atoms with van der Waals surface area (Å²) in [6.07, 6.45) is 1.15. The van der Waals surface area contributed by atoms with Crippen LogP contribution < -0.4 is 15.8 Å². The van der Waals surface area contributed by atoms with Crippen molar-refractivity contribution in [3.63, 3.8) is 0 Å². The molecule has 0 fully saturated rings. The first-order chi connectivity index (χ1) is 9.79. The average Bonchev–Trinajstić information content (AvgIpc) is 2.44. The van der Waals surface area contributed by atoms with Crippen molar-refractivity contribution in [2.75, 3.05) is 24.2 Å². The van der Waals surface area contributed by atoms with Crippen LogP contribution in [0.15, 0.2) is 42.5 Å². The van der Waals surface area contributed by atoms with Gasteiger partial charge in [0.05, 0.1) is 18.0 Å². The standard InChI is InChI=1S/C17H20N2O/c1-2-20-16-9-5-8-15(17(16)18)19-11-13-10-12-6-3-4-7-14(12)13/h3-9,13,19H,2,10-11,18H2,1H3. The second-order valence-electron chi connectivity index (χ2n) is 5.13. The van der Waals surface area contributed by atoms with Gasteiger partial charge >= 0.3 is 0 Å². The van der Waals surface area contributed by atoms with Crippen molar-refractivity contribution in [1.82, 2.24) is 0 Å². The van der Waals surface area contributed by atoms with Gasteiger partial charge < -0.3 is 15.8 Å². The number of hydrogen-bond acceptors (Lipinski definition) is 3. The fourth-order valence-electron chi connectivity index (χ4n) is 2.76. The molecule has 0 aliphatic heterocycles. The van der Waals surface area contributed by atoms with Gasteiger partial charge in [-0.15, -0.1) is 0 Å². The molecule has 104 valence electrons. The maximum atomic E-state index is 6.12. The zero-order valence-electron chi connectivity index (χ0n) is 11.7. The predicted molar refractivity (Wildman–Crippen MR) is 83.4 cm³/mol. The van der Waals surface area contributed by atoms with Gasteiger partial charge in [-0.05, 0) is 36.6 Å². The first-order valence-corrected chi connectivity index (χ1v) is 7.12. The Labute approximate surface area is 119 Å². The summed E-state index contributed by atoms with van der Waals surface area (Å²) in [4.78, 5) is 0. The van der Waals surface area contributed by atoms with Gasteiger partial charge in [-0.2, -0.15) is 0 Å². The van der Waals surface area contributed by atoms with E-state index in [9.17, 15) is 0 Å². The lowest BCUT2D eigenvalue weighted by atomic mass is 9.77. The summed E-state index contributed by atoms with van der Waals surface area (Å²) in [7, 11) is 0. The van der Waals surface area contributed by atoms with Crippen LogP contribution in [0.1, 0.15) is 24.0 Å². The molecule has 3 heteroatoms. The van der Waals surface area contributed by atoms with Crippen molar-refractivity contribution < 1.29 is 4.74 Å². The molecular weight excluding hydrogens is 248 g/mol. The van der Waals surface area contributed by atoms with Crippen molar-refractivity contribution in [2.45, 2.75) is 19.3 Å². The molecule has 0 spiro atoms. The van der Waals surface area contributed by atoms with Gasteiger partial charge in [0, 0.05) is 12.5 Å². The Morgan fingerprint density at radius 3 is 2.85 bits per heavy atom. The van der Waals surface area contributed by atoms with Crippen LogP contribution in [0.25, 0.3) is 0 Å². The van der Waals surface area contributed by atoms with Crippen LogP contribution in [0.5, 0.6) is 5.75 Å². The molecule has 1 unspecified atom stereocenters. The highest BCUT2D eigenvalue weighted by molar-refractivity contribution is 5.73. The zero-order chi connectivity index (χ0) is 13.9. The van der Waals surface area contributed by atoms with Crippen LogP contribution in [-0.4, -0.2) is 13.2 Å². The monoisotopic (exact) mass is 268 g/mol. The predicted octanol–water partition coefficient (Wildman–Crippen LogP) is 3.42. The maximum absolute atomic E-state index is 6.12. The molecule has 0 bridgehead atoms. The number of hydrogen-bond donors (Lipinski definition) is 2. The van der Waals surface area contributed by atoms with Gasteiger partial charge in [0.25, 0.3) is 0 Å². The molecule has 20 heavy (non-hydrogen) atoms. The number of fused-ring (bicyclic) bond motifs is 1. The number of anilines is 2. The van der Waals surface area contributed by atoms with E-state index in [1.807, 2.05) is 25.1 Å². The number of rotatable bonds is 5. The normalized spacial score (nSPS) is 16.1. The minimum atomic E-state index is 0.585. The van der Waals surface area contributed by atoms with E-state index in [4.69, 9.17) is 10.5 Å². The van der Waals surface area contributed by atoms with Crippen LogP contribution in [0.4, 0.5) is 11.4 Å². The maximum Gasteiger partial charge on any atom is 0.144 e. The fraction of sp³-hybridized carbons (Fsp3) is 0.294. The lowest BCUT2D eigenvalue weighted by molar-refractivity contribution is 0.342. The van der Waals surface area contributed by atoms with Gasteiger partial charge in [0.2, 0.25) is 0 Å². The van der Waals surface area contributed by atoms with E-state index in [0.717, 1.165) is 24.4 Å². The highest BCUT2D eigenvalue weighted by atomic mass is 16.5. The Morgan fingerprint density at radius 2 is 2.05 bits per heavy atom. The molecule has 1 aliphatic rings. The quantitative estimate of drug-likeness (QED) is 0.817. The summed E-state index contributed by atoms with van der Waals surface area (Å²) < 4.78 is 5.52. The molecule has 0 saturated heterocycles. The summed E-state index contributed by atoms with van der Waals surface area (Å²) in [5, 5.41) is 3.45. The third-order valence-electron chi connectivity index (χ3n) is 3.87. The van der Waals surface area contributed by atoms with E-state index < -0.39 is 0 Å². The lowest BCUT2D eigenvalue weighted by Gasteiger charge is -2.30. The van der Waals surface area contributed by atoms with E-state index in [2.05, 4.69) is 29.6 Å². The highest BCUT2D eigenvalue weighted by Gasteiger charge is 2.25. The number of para-hydroxylation sites is 1. The van der Waals surface area contributed by atoms with Crippen molar-refractivity contribution in [1.29, 1.82) is 0 Å². The first-order valence-electron chi connectivity index (χ1n) is 7.12. The number of nitrogens with one attached hydrogen (secondary N) is 1. The van der Waals surface area contributed by atoms with Gasteiger partial charge in [-0.3, -0.25) is 0 Å². The molecule has 1 aliphatic carbocycles. The van der Waals surface area contributed by atoms with Gasteiger partial charge in [-0.25, -0.2) is 0 Å². The Hall–Kier alpha value is -2.16. The Bertz CT molecular complexity index is 610. The smallest absolute Gasteiger partial charge is 0.144 e. The molecule has 0 radical (unpaired) electrons. The minimum Gasteiger partial charge on any atom is -0.492 e. The topological polar surface area (TPSA) is 47.3 Å². The van der Waals surface area contributed by atoms with Crippen LogP contribution in [0, 0.1) is 0 Å². The molecule has 3 nitrogen and oxygen atoms in total. The average molecular weight is 268 g/mol. The highest BCUT2D eigenvalue weighted by Crippen LogP contribution is 2.36. The molecule has 3 N–H and O–H groups in total. The van der Waals surface area contributed by atoms with Crippen molar-refractivity contribution in [2.24, 2.45) is 0 Å². The van der Waals surface area contributed by atoms with Gasteiger partial charge in [0.1, 0.15) is 5.75 Å². The van der Waals surface area contributed by atoms with Crippen molar-refractivity contribution in [3.05, 3.63) is 53.6 Å². The van der Waals surface area contributed by atoms with Gasteiger partial charge in [0.15, 0.2) is 0 Å². The fourth-order valence-corrected chi connectivity index (χ4v) is 2.76. The third-order valence-corrected chi connectivity index (χ3v) is 3.87. The summed E-state index contributed by atoms with van der Waals surface area (Å²) in [6.45, 7) is 3.51. The Morgan fingerprint density at radius 1 is 1.20 bits per heavy atom. The zero-order valence-corrected chi connectivity index (χ0v) is 11.7. The number of nitrogen functional groups attached to an aromatic ring is 1. The van der Waals surface area contributed by atoms with Gasteiger partial charge in [-0.1, -0.05) is 30.3 Å². The molecule has 1 atom stereocenters. The SMILES string of the molecule is CCOc1cccc(NCC2Cc3ccccc32)c1N. The molecule has 0 aromatic heterocycles. The summed E-state index contributed by atoms with van der Waals surface area (Å²) >= 11 is 0. The molecule has 3 rings (SSSR count). The van der Waals surface area contributed by atoms with E-state index in [1.165, 1.54) is 11.1 Å². The molecule has 2 aromatic rings. The lowest BCUT2D eigenvalue weighted by Crippen LogP contribution is -2.24. The van der Waals surface area contributed by atoms with E-state index >= 15 is 0 Å². The Balaban J connectivity index is 1.67. The number of ether oxygens (including phenoxy) is 1. The summed E-state index contributed by atoms with van der Waals surface area (Å²) in [5.41, 5.74) is 10.7. The number of benzene rings is 2. The summed E-state index contributed by atoms with van der Waals surface area (Å²) in [6, 6.07) is 14.5. The van der Waals surface area contributed by atoms with E-state index in [0.29, 0.717) is 18.2 Å².